The third-order valence-corrected chi connectivity index (χ3v) is 4.07. The zero-order valence-electron chi connectivity index (χ0n) is 14.5. The molecule has 3 aromatic rings. The summed E-state index contributed by atoms with van der Waals surface area (Å²) in [5.74, 6) is 0.145. The minimum absolute atomic E-state index is 0.166. The molecule has 2 heterocycles. The number of nitrogens with zero attached hydrogens (tertiary/aromatic N) is 4. The van der Waals surface area contributed by atoms with E-state index in [1.807, 2.05) is 0 Å². The summed E-state index contributed by atoms with van der Waals surface area (Å²) < 4.78 is 8.73. The van der Waals surface area contributed by atoms with Gasteiger partial charge in [0, 0.05) is 20.2 Å². The van der Waals surface area contributed by atoms with Crippen molar-refractivity contribution in [1.82, 2.24) is 18.7 Å². The second-order valence-corrected chi connectivity index (χ2v) is 5.75. The molecule has 0 aliphatic carbocycles. The molecule has 3 N–H and O–H groups in total. The molecule has 0 bridgehead atoms. The van der Waals surface area contributed by atoms with Gasteiger partial charge in [0.15, 0.2) is 11.2 Å². The Labute approximate surface area is 147 Å². The normalized spacial score (nSPS) is 10.9. The van der Waals surface area contributed by atoms with Crippen molar-refractivity contribution < 1.29 is 9.53 Å². The van der Waals surface area contributed by atoms with Gasteiger partial charge in [0.1, 0.15) is 12.3 Å². The van der Waals surface area contributed by atoms with Gasteiger partial charge in [0.25, 0.3) is 5.56 Å². The number of carbonyl (C=O) groups excluding carboxylic acids is 1. The molecular weight excluding hydrogens is 340 g/mol. The van der Waals surface area contributed by atoms with E-state index in [1.165, 1.54) is 36.7 Å². The first-order chi connectivity index (χ1) is 12.3. The molecule has 0 aliphatic heterocycles. The Hall–Kier alpha value is -3.56. The summed E-state index contributed by atoms with van der Waals surface area (Å²) in [6.45, 7) is -0.166. The van der Waals surface area contributed by atoms with Crippen LogP contribution < -0.4 is 27.0 Å². The summed E-state index contributed by atoms with van der Waals surface area (Å²) in [7, 11) is 4.39. The van der Waals surface area contributed by atoms with Gasteiger partial charge in [0.05, 0.1) is 24.8 Å². The summed E-state index contributed by atoms with van der Waals surface area (Å²) in [5, 5.41) is 2.68. The molecule has 1 amide bonds. The molecule has 1 aromatic carbocycles. The zero-order chi connectivity index (χ0) is 19.0. The Morgan fingerprint density at radius 1 is 1.27 bits per heavy atom. The number of hydrogen-bond donors (Lipinski definition) is 2. The maximum atomic E-state index is 12.4. The Balaban J connectivity index is 1.94. The van der Waals surface area contributed by atoms with Gasteiger partial charge in [-0.05, 0) is 12.1 Å². The van der Waals surface area contributed by atoms with Crippen molar-refractivity contribution in [1.29, 1.82) is 0 Å². The first-order valence-electron chi connectivity index (χ1n) is 7.67. The second-order valence-electron chi connectivity index (χ2n) is 5.75. The van der Waals surface area contributed by atoms with Crippen LogP contribution in [0.5, 0.6) is 5.75 Å². The largest absolute Gasteiger partial charge is 0.497 e. The predicted molar refractivity (Wildman–Crippen MR) is 96.3 cm³/mol. The van der Waals surface area contributed by atoms with Gasteiger partial charge >= 0.3 is 5.69 Å². The smallest absolute Gasteiger partial charge is 0.332 e. The van der Waals surface area contributed by atoms with Crippen LogP contribution in [0.15, 0.2) is 34.1 Å². The van der Waals surface area contributed by atoms with E-state index in [4.69, 9.17) is 10.5 Å². The average Bonchev–Trinajstić information content (AvgIpc) is 3.03. The number of methoxy groups -OCH3 is 1. The zero-order valence-corrected chi connectivity index (χ0v) is 14.5. The summed E-state index contributed by atoms with van der Waals surface area (Å²) in [5.41, 5.74) is 6.02. The molecule has 10 heteroatoms. The number of aryl methyl sites for hydroxylation is 1. The SMILES string of the molecule is COc1ccc(N)c(NC(=O)Cn2cnc3c2c(=O)n(C)c(=O)n3C)c1. The molecule has 10 nitrogen and oxygen atoms in total. The maximum Gasteiger partial charge on any atom is 0.332 e. The lowest BCUT2D eigenvalue weighted by molar-refractivity contribution is -0.116. The monoisotopic (exact) mass is 358 g/mol. The van der Waals surface area contributed by atoms with Gasteiger partial charge in [-0.3, -0.25) is 18.7 Å². The maximum absolute atomic E-state index is 12.4. The third kappa shape index (κ3) is 2.81. The highest BCUT2D eigenvalue weighted by molar-refractivity contribution is 5.94. The second kappa shape index (κ2) is 6.39. The summed E-state index contributed by atoms with van der Waals surface area (Å²) in [4.78, 5) is 40.8. The van der Waals surface area contributed by atoms with E-state index < -0.39 is 17.2 Å². The molecule has 0 aliphatic rings. The fourth-order valence-corrected chi connectivity index (χ4v) is 2.63. The molecule has 0 saturated heterocycles. The van der Waals surface area contributed by atoms with Gasteiger partial charge in [-0.15, -0.1) is 0 Å². The van der Waals surface area contributed by atoms with Crippen LogP contribution >= 0.6 is 0 Å². The van der Waals surface area contributed by atoms with Crippen LogP contribution in [0.2, 0.25) is 0 Å². The summed E-state index contributed by atoms with van der Waals surface area (Å²) in [6, 6.07) is 4.90. The van der Waals surface area contributed by atoms with Gasteiger partial charge in [0.2, 0.25) is 5.91 Å². The molecular formula is C16H18N6O4. The molecule has 0 saturated carbocycles. The Morgan fingerprint density at radius 2 is 2.00 bits per heavy atom. The van der Waals surface area contributed by atoms with Crippen LogP contribution in [-0.4, -0.2) is 31.7 Å². The van der Waals surface area contributed by atoms with Crippen LogP contribution in [0.3, 0.4) is 0 Å². The molecule has 0 radical (unpaired) electrons. The Kier molecular flexibility index (Phi) is 4.24. The van der Waals surface area contributed by atoms with Gasteiger partial charge in [-0.25, -0.2) is 9.78 Å². The molecule has 136 valence electrons. The number of ether oxygens (including phenoxy) is 1. The number of nitrogen functional groups attached to an aromatic ring is 1. The summed E-state index contributed by atoms with van der Waals surface area (Å²) >= 11 is 0. The highest BCUT2D eigenvalue weighted by Gasteiger charge is 2.16. The topological polar surface area (TPSA) is 126 Å². The van der Waals surface area contributed by atoms with Crippen molar-refractivity contribution in [3.05, 3.63) is 45.4 Å². The number of aromatic nitrogens is 4. The fourth-order valence-electron chi connectivity index (χ4n) is 2.63. The highest BCUT2D eigenvalue weighted by atomic mass is 16.5. The van der Waals surface area contributed by atoms with Crippen molar-refractivity contribution in [2.75, 3.05) is 18.2 Å². The first-order valence-corrected chi connectivity index (χ1v) is 7.67. The number of nitrogens with two attached hydrogens (primary N) is 1. The number of benzene rings is 1. The number of anilines is 2. The molecule has 26 heavy (non-hydrogen) atoms. The van der Waals surface area contributed by atoms with E-state index in [2.05, 4.69) is 10.3 Å². The molecule has 0 atom stereocenters. The molecule has 2 aromatic heterocycles. The van der Waals surface area contributed by atoms with E-state index in [-0.39, 0.29) is 17.7 Å². The number of fused-ring (bicyclic) bond motifs is 1. The average molecular weight is 358 g/mol. The minimum atomic E-state index is -0.519. The van der Waals surface area contributed by atoms with Gasteiger partial charge in [-0.2, -0.15) is 0 Å². The fraction of sp³-hybridized carbons (Fsp3) is 0.250. The number of carbonyl (C=O) groups is 1. The lowest BCUT2D eigenvalue weighted by atomic mass is 10.2. The number of rotatable bonds is 4. The minimum Gasteiger partial charge on any atom is -0.497 e. The van der Waals surface area contributed by atoms with Crippen LogP contribution in [0.25, 0.3) is 11.2 Å². The lowest BCUT2D eigenvalue weighted by Gasteiger charge is -2.11. The highest BCUT2D eigenvalue weighted by Crippen LogP contribution is 2.24. The number of nitrogens with one attached hydrogen (secondary N) is 1. The van der Waals surface area contributed by atoms with E-state index in [9.17, 15) is 14.4 Å². The van der Waals surface area contributed by atoms with Gasteiger partial charge < -0.3 is 20.4 Å². The van der Waals surface area contributed by atoms with Crippen LogP contribution in [0.1, 0.15) is 0 Å². The Bertz CT molecular complexity index is 1120. The van der Waals surface area contributed by atoms with Gasteiger partial charge in [-0.1, -0.05) is 0 Å². The quantitative estimate of drug-likeness (QED) is 0.615. The number of imidazole rings is 1. The van der Waals surface area contributed by atoms with E-state index in [0.717, 1.165) is 4.57 Å². The molecule has 0 spiro atoms. The van der Waals surface area contributed by atoms with Crippen LogP contribution in [0.4, 0.5) is 11.4 Å². The van der Waals surface area contributed by atoms with Crippen molar-refractivity contribution in [2.45, 2.75) is 6.54 Å². The number of amides is 1. The van der Waals surface area contributed by atoms with Crippen LogP contribution in [-0.2, 0) is 25.4 Å². The molecule has 3 rings (SSSR count). The first kappa shape index (κ1) is 17.3. The lowest BCUT2D eigenvalue weighted by Crippen LogP contribution is -2.37. The van der Waals surface area contributed by atoms with Crippen molar-refractivity contribution in [3.63, 3.8) is 0 Å². The summed E-state index contributed by atoms with van der Waals surface area (Å²) in [6.07, 6.45) is 1.35. The third-order valence-electron chi connectivity index (χ3n) is 4.07. The van der Waals surface area contributed by atoms with E-state index in [0.29, 0.717) is 17.1 Å². The van der Waals surface area contributed by atoms with E-state index in [1.54, 1.807) is 18.2 Å². The van der Waals surface area contributed by atoms with Crippen molar-refractivity contribution in [3.8, 4) is 5.75 Å². The van der Waals surface area contributed by atoms with Crippen molar-refractivity contribution in [2.24, 2.45) is 14.1 Å². The number of hydrogen-bond acceptors (Lipinski definition) is 6. The molecule has 0 unspecified atom stereocenters. The standard InChI is InChI=1S/C16H18N6O4/c1-20-14-13(15(24)21(2)16(20)25)22(8-18-14)7-12(23)19-11-6-9(26-3)4-5-10(11)17/h4-6,8H,7,17H2,1-3H3,(H,19,23). The predicted octanol–water partition coefficient (Wildman–Crippen LogP) is -0.337. The van der Waals surface area contributed by atoms with E-state index >= 15 is 0 Å². The molecule has 0 fully saturated rings. The Morgan fingerprint density at radius 3 is 2.69 bits per heavy atom. The van der Waals surface area contributed by atoms with Crippen LogP contribution in [0, 0.1) is 0 Å². The van der Waals surface area contributed by atoms with Crippen molar-refractivity contribution >= 4 is 28.4 Å².